The summed E-state index contributed by atoms with van der Waals surface area (Å²) in [6.45, 7) is 10.3. The van der Waals surface area contributed by atoms with Gasteiger partial charge in [0.1, 0.15) is 10.7 Å². The van der Waals surface area contributed by atoms with E-state index in [1.54, 1.807) is 41.9 Å². The number of aromatic nitrogens is 2. The first-order valence-corrected chi connectivity index (χ1v) is 14.4. The molecule has 0 spiro atoms. The number of allylic oxidation sites excluding steroid dienone is 4. The molecule has 1 aliphatic heterocycles. The summed E-state index contributed by atoms with van der Waals surface area (Å²) < 4.78 is 0. The number of hydrogen-bond acceptors (Lipinski definition) is 8. The zero-order chi connectivity index (χ0) is 28.6. The van der Waals surface area contributed by atoms with Gasteiger partial charge in [-0.25, -0.2) is 10.8 Å². The van der Waals surface area contributed by atoms with Crippen LogP contribution in [0.25, 0.3) is 10.6 Å². The van der Waals surface area contributed by atoms with E-state index in [9.17, 15) is 14.4 Å². The summed E-state index contributed by atoms with van der Waals surface area (Å²) in [6.07, 6.45) is 11.1. The minimum Gasteiger partial charge on any atom is -0.339 e. The largest absolute Gasteiger partial charge is 0.339 e. The molecule has 3 amide bonds. The zero-order valence-electron chi connectivity index (χ0n) is 23.1. The minimum atomic E-state index is -0.306. The number of thiazole rings is 1. The van der Waals surface area contributed by atoms with E-state index in [1.807, 2.05) is 30.0 Å². The molecule has 40 heavy (non-hydrogen) atoms. The van der Waals surface area contributed by atoms with Crippen LogP contribution < -0.4 is 11.2 Å². The summed E-state index contributed by atoms with van der Waals surface area (Å²) >= 11 is 1.38. The molecule has 1 saturated carbocycles. The van der Waals surface area contributed by atoms with Crippen molar-refractivity contribution in [2.24, 2.45) is 17.7 Å². The Kier molecular flexibility index (Phi) is 9.84. The predicted octanol–water partition coefficient (Wildman–Crippen LogP) is 3.19. The van der Waals surface area contributed by atoms with Gasteiger partial charge in [-0.3, -0.25) is 19.4 Å². The third-order valence-corrected chi connectivity index (χ3v) is 7.88. The highest BCUT2D eigenvalue weighted by molar-refractivity contribution is 7.13. The van der Waals surface area contributed by atoms with Gasteiger partial charge in [-0.15, -0.1) is 17.9 Å². The Morgan fingerprint density at radius 3 is 2.62 bits per heavy atom. The van der Waals surface area contributed by atoms with Crippen LogP contribution in [0.1, 0.15) is 43.6 Å². The van der Waals surface area contributed by atoms with Crippen LogP contribution in [-0.4, -0.2) is 75.2 Å². The molecule has 11 heteroatoms. The molecule has 212 valence electrons. The Labute approximate surface area is 239 Å². The van der Waals surface area contributed by atoms with Gasteiger partial charge in [-0.2, -0.15) is 0 Å². The summed E-state index contributed by atoms with van der Waals surface area (Å²) in [5, 5.41) is 6.82. The minimum absolute atomic E-state index is 0.0218. The lowest BCUT2D eigenvalue weighted by atomic mass is 10.0. The smallest absolute Gasteiger partial charge is 0.274 e. The molecule has 1 saturated heterocycles. The van der Waals surface area contributed by atoms with Crippen LogP contribution in [0.4, 0.5) is 0 Å². The number of amides is 3. The zero-order valence-corrected chi connectivity index (χ0v) is 23.9. The van der Waals surface area contributed by atoms with E-state index in [4.69, 9.17) is 5.84 Å². The molecule has 2 aromatic heterocycles. The Balaban J connectivity index is 1.30. The van der Waals surface area contributed by atoms with Gasteiger partial charge in [0.05, 0.1) is 0 Å². The fraction of sp³-hybridized carbons (Fsp3) is 0.414. The second kappa shape index (κ2) is 13.5. The van der Waals surface area contributed by atoms with Crippen molar-refractivity contribution in [1.82, 2.24) is 30.1 Å². The Morgan fingerprint density at radius 2 is 1.98 bits per heavy atom. The molecule has 0 aromatic carbocycles. The molecule has 2 aliphatic rings. The molecule has 2 aromatic rings. The van der Waals surface area contributed by atoms with Crippen LogP contribution in [0.2, 0.25) is 0 Å². The van der Waals surface area contributed by atoms with Crippen molar-refractivity contribution in [3.8, 4) is 10.6 Å². The highest BCUT2D eigenvalue weighted by Gasteiger charge is 2.35. The summed E-state index contributed by atoms with van der Waals surface area (Å²) in [4.78, 5) is 50.0. The normalized spacial score (nSPS) is 16.9. The molecule has 0 bridgehead atoms. The number of pyridine rings is 1. The molecular weight excluding hydrogens is 526 g/mol. The van der Waals surface area contributed by atoms with Gasteiger partial charge >= 0.3 is 0 Å². The maximum atomic E-state index is 12.8. The maximum absolute atomic E-state index is 12.8. The first-order chi connectivity index (χ1) is 19.2. The molecular formula is C29H37N7O3S. The van der Waals surface area contributed by atoms with Crippen LogP contribution in [-0.2, 0) is 9.59 Å². The summed E-state index contributed by atoms with van der Waals surface area (Å²) in [5.74, 6) is 6.35. The van der Waals surface area contributed by atoms with Crippen molar-refractivity contribution in [3.05, 3.63) is 71.8 Å². The highest BCUT2D eigenvalue weighted by atomic mass is 32.1. The van der Waals surface area contributed by atoms with Gasteiger partial charge in [-0.1, -0.05) is 13.0 Å². The molecule has 3 heterocycles. The molecule has 4 rings (SSSR count). The number of hydrogen-bond donors (Lipinski definition) is 2. The van der Waals surface area contributed by atoms with Gasteiger partial charge in [-0.05, 0) is 43.5 Å². The Morgan fingerprint density at radius 1 is 1.25 bits per heavy atom. The van der Waals surface area contributed by atoms with Crippen molar-refractivity contribution in [3.63, 3.8) is 0 Å². The van der Waals surface area contributed by atoms with Crippen molar-refractivity contribution in [1.29, 1.82) is 0 Å². The number of nitrogens with two attached hydrogens (primary N) is 1. The first kappa shape index (κ1) is 29.2. The van der Waals surface area contributed by atoms with Gasteiger partial charge in [0, 0.05) is 86.2 Å². The van der Waals surface area contributed by atoms with Gasteiger partial charge in [0.15, 0.2) is 0 Å². The summed E-state index contributed by atoms with van der Waals surface area (Å²) in [5.41, 5.74) is 2.65. The molecule has 2 fully saturated rings. The average Bonchev–Trinajstić information content (AvgIpc) is 3.70. The third-order valence-electron chi connectivity index (χ3n) is 6.99. The SMILES string of the molecule is C=CC(C)C(/C=C(\C)NC(=O)c1csc(-c2cccnc2)n1)=C\N(N)CCC(=O)N1CCN(C(=O)C2CC2)CC1. The fourth-order valence-electron chi connectivity index (χ4n) is 4.36. The Bertz CT molecular complexity index is 1280. The topological polar surface area (TPSA) is 125 Å². The van der Waals surface area contributed by atoms with E-state index < -0.39 is 0 Å². The lowest BCUT2D eigenvalue weighted by Gasteiger charge is -2.35. The van der Waals surface area contributed by atoms with Gasteiger partial charge in [0.25, 0.3) is 5.91 Å². The first-order valence-electron chi connectivity index (χ1n) is 13.5. The maximum Gasteiger partial charge on any atom is 0.274 e. The highest BCUT2D eigenvalue weighted by Crippen LogP contribution is 2.31. The molecule has 3 N–H and O–H groups in total. The average molecular weight is 564 g/mol. The number of piperazine rings is 1. The van der Waals surface area contributed by atoms with Crippen molar-refractivity contribution in [2.45, 2.75) is 33.1 Å². The molecule has 1 unspecified atom stereocenters. The summed E-state index contributed by atoms with van der Waals surface area (Å²) in [7, 11) is 0. The third kappa shape index (κ3) is 7.86. The second-order valence-electron chi connectivity index (χ2n) is 10.2. The molecule has 0 radical (unpaired) electrons. The fourth-order valence-corrected chi connectivity index (χ4v) is 5.15. The number of nitrogens with zero attached hydrogens (tertiary/aromatic N) is 5. The monoisotopic (exact) mass is 563 g/mol. The van der Waals surface area contributed by atoms with Crippen LogP contribution in [0.15, 0.2) is 66.1 Å². The van der Waals surface area contributed by atoms with Gasteiger partial charge in [0.2, 0.25) is 11.8 Å². The Hall–Kier alpha value is -3.83. The molecule has 1 aliphatic carbocycles. The van der Waals surface area contributed by atoms with Gasteiger partial charge < -0.3 is 20.1 Å². The van der Waals surface area contributed by atoms with Crippen LogP contribution in [0, 0.1) is 11.8 Å². The van der Waals surface area contributed by atoms with E-state index in [1.165, 1.54) is 16.3 Å². The predicted molar refractivity (Wildman–Crippen MR) is 155 cm³/mol. The van der Waals surface area contributed by atoms with Crippen LogP contribution in [0.3, 0.4) is 0 Å². The number of hydrazine groups is 1. The van der Waals surface area contributed by atoms with E-state index in [-0.39, 0.29) is 36.0 Å². The lowest BCUT2D eigenvalue weighted by Crippen LogP contribution is -2.51. The number of rotatable bonds is 11. The standard InChI is InChI=1S/C29H37N7O3S/c1-4-20(2)24(16-21(3)32-27(38)25-19-40-28(33-25)23-6-5-10-31-17-23)18-36(30)11-9-26(37)34-12-14-35(15-13-34)29(39)22-7-8-22/h4-6,10,16-20,22H,1,7-9,11-15,30H2,2-3H3,(H,32,38)/b21-16+,24-18-. The molecule has 1 atom stereocenters. The number of nitrogens with one attached hydrogen (secondary N) is 1. The van der Waals surface area contributed by atoms with Crippen LogP contribution >= 0.6 is 11.3 Å². The van der Waals surface area contributed by atoms with E-state index in [0.29, 0.717) is 44.1 Å². The quantitative estimate of drug-likeness (QED) is 0.186. The molecule has 10 nitrogen and oxygen atoms in total. The van der Waals surface area contributed by atoms with Crippen LogP contribution in [0.5, 0.6) is 0 Å². The van der Waals surface area contributed by atoms with E-state index >= 15 is 0 Å². The van der Waals surface area contributed by atoms with Crippen molar-refractivity contribution >= 4 is 29.1 Å². The number of carbonyl (C=O) groups excluding carboxylic acids is 3. The van der Waals surface area contributed by atoms with E-state index in [2.05, 4.69) is 21.9 Å². The lowest BCUT2D eigenvalue weighted by molar-refractivity contribution is -0.140. The second-order valence-corrected chi connectivity index (χ2v) is 11.0. The van der Waals surface area contributed by atoms with Crippen molar-refractivity contribution < 1.29 is 14.4 Å². The number of carbonyl (C=O) groups is 3. The summed E-state index contributed by atoms with van der Waals surface area (Å²) in [6, 6.07) is 3.73. The van der Waals surface area contributed by atoms with Crippen molar-refractivity contribution in [2.75, 3.05) is 32.7 Å². The van der Waals surface area contributed by atoms with E-state index in [0.717, 1.165) is 29.0 Å².